The Balaban J connectivity index is 1.32. The highest BCUT2D eigenvalue weighted by atomic mass is 35.5. The van der Waals surface area contributed by atoms with Crippen molar-refractivity contribution in [1.82, 2.24) is 4.90 Å². The van der Waals surface area contributed by atoms with Gasteiger partial charge in [-0.2, -0.15) is 0 Å². The Morgan fingerprint density at radius 3 is 2.28 bits per heavy atom. The molecule has 0 spiro atoms. The van der Waals surface area contributed by atoms with Crippen molar-refractivity contribution in [2.45, 2.75) is 13.5 Å². The van der Waals surface area contributed by atoms with Crippen LogP contribution < -0.4 is 13.9 Å². The van der Waals surface area contributed by atoms with Crippen molar-refractivity contribution in [3.63, 3.8) is 0 Å². The van der Waals surface area contributed by atoms with Crippen molar-refractivity contribution in [2.75, 3.05) is 48.2 Å². The van der Waals surface area contributed by atoms with Crippen molar-refractivity contribution >= 4 is 38.9 Å². The molecule has 1 heterocycles. The molecule has 1 fully saturated rings. The topological polar surface area (TPSA) is 70.2 Å². The van der Waals surface area contributed by atoms with Crippen molar-refractivity contribution in [3.8, 4) is 5.75 Å². The van der Waals surface area contributed by atoms with E-state index in [0.29, 0.717) is 29.5 Å². The van der Waals surface area contributed by atoms with Gasteiger partial charge in [-0.15, -0.1) is 0 Å². The third-order valence-electron chi connectivity index (χ3n) is 6.20. The molecule has 0 saturated carbocycles. The van der Waals surface area contributed by atoms with E-state index in [1.54, 1.807) is 29.2 Å². The normalized spacial score (nSPS) is 14.0. The van der Waals surface area contributed by atoms with Crippen molar-refractivity contribution in [1.29, 1.82) is 0 Å². The Morgan fingerprint density at radius 1 is 0.972 bits per heavy atom. The minimum Gasteiger partial charge on any atom is -0.484 e. The first kappa shape index (κ1) is 25.9. The van der Waals surface area contributed by atoms with Crippen LogP contribution in [0.4, 0.5) is 11.4 Å². The molecule has 0 radical (unpaired) electrons. The van der Waals surface area contributed by atoms with Crippen LogP contribution in [0.5, 0.6) is 5.75 Å². The lowest BCUT2D eigenvalue weighted by Crippen LogP contribution is -2.50. The van der Waals surface area contributed by atoms with E-state index in [0.717, 1.165) is 29.9 Å². The van der Waals surface area contributed by atoms with E-state index in [9.17, 15) is 13.2 Å². The molecule has 9 heteroatoms. The van der Waals surface area contributed by atoms with Gasteiger partial charge in [0.1, 0.15) is 5.75 Å². The number of nitrogens with zero attached hydrogens (tertiary/aromatic N) is 3. The molecule has 0 atom stereocenters. The van der Waals surface area contributed by atoms with Gasteiger partial charge in [-0.25, -0.2) is 8.42 Å². The number of hydrogen-bond donors (Lipinski definition) is 0. The summed E-state index contributed by atoms with van der Waals surface area (Å²) in [5.74, 6) is 0.428. The molecule has 4 rings (SSSR count). The molecule has 190 valence electrons. The first-order chi connectivity index (χ1) is 17.2. The minimum atomic E-state index is -3.48. The van der Waals surface area contributed by atoms with Crippen molar-refractivity contribution < 1.29 is 17.9 Å². The molecule has 0 aromatic heterocycles. The number of piperazine rings is 1. The Bertz CT molecular complexity index is 1290. The average molecular weight is 528 g/mol. The maximum absolute atomic E-state index is 12.7. The van der Waals surface area contributed by atoms with Crippen molar-refractivity contribution in [3.05, 3.63) is 88.9 Å². The van der Waals surface area contributed by atoms with E-state index in [1.165, 1.54) is 10.6 Å². The molecular formula is C27H30ClN3O4S. The third-order valence-corrected chi connectivity index (χ3v) is 7.58. The predicted molar refractivity (Wildman–Crippen MR) is 144 cm³/mol. The molecule has 3 aromatic rings. The summed E-state index contributed by atoms with van der Waals surface area (Å²) in [5, 5.41) is 0.702. The number of halogens is 1. The maximum atomic E-state index is 12.7. The van der Waals surface area contributed by atoms with Gasteiger partial charge >= 0.3 is 0 Å². The maximum Gasteiger partial charge on any atom is 0.260 e. The first-order valence-corrected chi connectivity index (χ1v) is 14.0. The van der Waals surface area contributed by atoms with E-state index in [1.807, 2.05) is 48.5 Å². The number of aryl methyl sites for hydroxylation is 1. The second kappa shape index (κ2) is 11.2. The summed E-state index contributed by atoms with van der Waals surface area (Å²) in [6.45, 7) is 4.88. The SMILES string of the molecule is Cc1ccc(Cl)cc1N1CCN(C(=O)COc2ccc(N(Cc3ccccc3)S(C)(=O)=O)cc2)CC1. The number of ether oxygens (including phenoxy) is 1. The summed E-state index contributed by atoms with van der Waals surface area (Å²) >= 11 is 6.16. The molecule has 36 heavy (non-hydrogen) atoms. The van der Waals surface area contributed by atoms with E-state index >= 15 is 0 Å². The van der Waals surface area contributed by atoms with E-state index in [2.05, 4.69) is 11.8 Å². The Labute approximate surface area is 217 Å². The molecule has 7 nitrogen and oxygen atoms in total. The Hall–Kier alpha value is -3.23. The van der Waals surface area contributed by atoms with Crippen LogP contribution in [0.2, 0.25) is 5.02 Å². The van der Waals surface area contributed by atoms with Gasteiger partial charge in [0, 0.05) is 36.9 Å². The molecule has 3 aromatic carbocycles. The Kier molecular flexibility index (Phi) is 8.06. The van der Waals surface area contributed by atoms with Crippen LogP contribution in [0.15, 0.2) is 72.8 Å². The number of benzene rings is 3. The van der Waals surface area contributed by atoms with Crippen LogP contribution in [0.25, 0.3) is 0 Å². The molecule has 0 unspecified atom stereocenters. The Morgan fingerprint density at radius 2 is 1.64 bits per heavy atom. The lowest BCUT2D eigenvalue weighted by molar-refractivity contribution is -0.133. The van der Waals surface area contributed by atoms with E-state index in [4.69, 9.17) is 16.3 Å². The van der Waals surface area contributed by atoms with Crippen LogP contribution in [0.3, 0.4) is 0 Å². The van der Waals surface area contributed by atoms with Gasteiger partial charge in [-0.3, -0.25) is 9.10 Å². The van der Waals surface area contributed by atoms with Gasteiger partial charge in [0.05, 0.1) is 18.5 Å². The second-order valence-electron chi connectivity index (χ2n) is 8.84. The zero-order valence-electron chi connectivity index (χ0n) is 20.4. The molecule has 1 aliphatic rings. The van der Waals surface area contributed by atoms with Gasteiger partial charge in [0.2, 0.25) is 10.0 Å². The van der Waals surface area contributed by atoms with Gasteiger partial charge in [-0.05, 0) is 54.4 Å². The minimum absolute atomic E-state index is 0.0741. The molecule has 1 saturated heterocycles. The molecule has 1 aliphatic heterocycles. The van der Waals surface area contributed by atoms with E-state index in [-0.39, 0.29) is 19.1 Å². The summed E-state index contributed by atoms with van der Waals surface area (Å²) in [5.41, 5.74) is 3.68. The number of amides is 1. The molecule has 0 bridgehead atoms. The number of sulfonamides is 1. The lowest BCUT2D eigenvalue weighted by atomic mass is 10.1. The number of hydrogen-bond acceptors (Lipinski definition) is 5. The summed E-state index contributed by atoms with van der Waals surface area (Å²) in [6, 6.07) is 22.0. The number of carbonyl (C=O) groups excluding carboxylic acids is 1. The molecule has 1 amide bonds. The lowest BCUT2D eigenvalue weighted by Gasteiger charge is -2.36. The second-order valence-corrected chi connectivity index (χ2v) is 11.2. The standard InChI is InChI=1S/C27H30ClN3O4S/c1-21-8-9-23(28)18-26(21)29-14-16-30(17-15-29)27(32)20-35-25-12-10-24(11-13-25)31(36(2,33)34)19-22-6-4-3-5-7-22/h3-13,18H,14-17,19-20H2,1-2H3. The van der Waals surface area contributed by atoms with Gasteiger partial charge in [0.25, 0.3) is 5.91 Å². The first-order valence-electron chi connectivity index (χ1n) is 11.7. The fourth-order valence-corrected chi connectivity index (χ4v) is 5.27. The fraction of sp³-hybridized carbons (Fsp3) is 0.296. The highest BCUT2D eigenvalue weighted by Gasteiger charge is 2.23. The summed E-state index contributed by atoms with van der Waals surface area (Å²) in [4.78, 5) is 16.8. The quantitative estimate of drug-likeness (QED) is 0.436. The van der Waals surface area contributed by atoms with Crippen LogP contribution in [-0.4, -0.2) is 58.3 Å². The van der Waals surface area contributed by atoms with Gasteiger partial charge in [-0.1, -0.05) is 48.0 Å². The largest absolute Gasteiger partial charge is 0.484 e. The van der Waals surface area contributed by atoms with Crippen LogP contribution >= 0.6 is 11.6 Å². The highest BCUT2D eigenvalue weighted by molar-refractivity contribution is 7.92. The summed E-state index contributed by atoms with van der Waals surface area (Å²) in [7, 11) is -3.48. The number of rotatable bonds is 8. The average Bonchev–Trinajstić information content (AvgIpc) is 2.88. The molecule has 0 aliphatic carbocycles. The monoisotopic (exact) mass is 527 g/mol. The van der Waals surface area contributed by atoms with Crippen LogP contribution in [0, 0.1) is 6.92 Å². The van der Waals surface area contributed by atoms with E-state index < -0.39 is 10.0 Å². The number of carbonyl (C=O) groups is 1. The van der Waals surface area contributed by atoms with Gasteiger partial charge in [0.15, 0.2) is 6.61 Å². The zero-order chi connectivity index (χ0) is 25.7. The van der Waals surface area contributed by atoms with Gasteiger partial charge < -0.3 is 14.5 Å². The molecular weight excluding hydrogens is 498 g/mol. The van der Waals surface area contributed by atoms with Crippen LogP contribution in [0.1, 0.15) is 11.1 Å². The van der Waals surface area contributed by atoms with Crippen LogP contribution in [-0.2, 0) is 21.4 Å². The van der Waals surface area contributed by atoms with Crippen molar-refractivity contribution in [2.24, 2.45) is 0 Å². The predicted octanol–water partition coefficient (Wildman–Crippen LogP) is 4.34. The zero-order valence-corrected chi connectivity index (χ0v) is 22.0. The summed E-state index contributed by atoms with van der Waals surface area (Å²) < 4.78 is 31.9. The number of anilines is 2. The fourth-order valence-electron chi connectivity index (χ4n) is 4.21. The summed E-state index contributed by atoms with van der Waals surface area (Å²) in [6.07, 6.45) is 1.19. The smallest absolute Gasteiger partial charge is 0.260 e. The molecule has 0 N–H and O–H groups in total. The third kappa shape index (κ3) is 6.50. The highest BCUT2D eigenvalue weighted by Crippen LogP contribution is 2.26.